The molecule has 4 N–H and O–H groups in total. The Morgan fingerprint density at radius 2 is 2.09 bits per heavy atom. The van der Waals surface area contributed by atoms with Crippen molar-refractivity contribution in [3.63, 3.8) is 0 Å². The molecule has 0 aromatic heterocycles. The van der Waals surface area contributed by atoms with Gasteiger partial charge in [-0.1, -0.05) is 0 Å². The lowest BCUT2D eigenvalue weighted by atomic mass is 10.3. The molecular weight excluding hydrogens is 146 g/mol. The Morgan fingerprint density at radius 3 is 2.45 bits per heavy atom. The third kappa shape index (κ3) is 4.32. The maximum atomic E-state index is 10.6. The lowest BCUT2D eigenvalue weighted by molar-refractivity contribution is -0.121. The Balaban J connectivity index is 3.54. The van der Waals surface area contributed by atoms with Gasteiger partial charge in [-0.15, -0.1) is 0 Å². The van der Waals surface area contributed by atoms with Crippen molar-refractivity contribution in [3.8, 4) is 0 Å². The van der Waals surface area contributed by atoms with Crippen molar-refractivity contribution in [3.05, 3.63) is 0 Å². The first kappa shape index (κ1) is 9.90. The second-order valence-electron chi connectivity index (χ2n) is 2.18. The van der Waals surface area contributed by atoms with Crippen molar-refractivity contribution in [2.75, 3.05) is 13.6 Å². The number of amides is 2. The predicted molar refractivity (Wildman–Crippen MR) is 40.7 cm³/mol. The summed E-state index contributed by atoms with van der Waals surface area (Å²) in [5.41, 5.74) is 4.93. The molecule has 0 aliphatic rings. The summed E-state index contributed by atoms with van der Waals surface area (Å²) in [6, 6.07) is -0.465. The maximum Gasteiger partial charge on any atom is 0.234 e. The first-order valence-corrected chi connectivity index (χ1v) is 3.31. The highest BCUT2D eigenvalue weighted by atomic mass is 16.2. The number of hydrogen-bond donors (Lipinski definition) is 3. The molecule has 1 atom stereocenters. The van der Waals surface area contributed by atoms with Crippen LogP contribution in [0.5, 0.6) is 0 Å². The zero-order valence-corrected chi connectivity index (χ0v) is 6.68. The van der Waals surface area contributed by atoms with Gasteiger partial charge in [0.1, 0.15) is 0 Å². The van der Waals surface area contributed by atoms with Crippen LogP contribution in [0.2, 0.25) is 0 Å². The second-order valence-corrected chi connectivity index (χ2v) is 2.18. The van der Waals surface area contributed by atoms with Crippen LogP contribution in [-0.4, -0.2) is 31.4 Å². The molecule has 0 aromatic rings. The van der Waals surface area contributed by atoms with Crippen LogP contribution in [0.1, 0.15) is 6.92 Å². The van der Waals surface area contributed by atoms with Crippen molar-refractivity contribution in [2.45, 2.75) is 13.0 Å². The number of rotatable bonds is 4. The Labute approximate surface area is 65.3 Å². The fourth-order valence-corrected chi connectivity index (χ4v) is 0.435. The number of likely N-dealkylation sites (N-methyl/N-ethyl adjacent to an activating group) is 1. The summed E-state index contributed by atoms with van der Waals surface area (Å²) in [6.45, 7) is 1.71. The zero-order valence-electron chi connectivity index (χ0n) is 6.68. The van der Waals surface area contributed by atoms with E-state index >= 15 is 0 Å². The number of nitrogens with two attached hydrogens (primary N) is 1. The quantitative estimate of drug-likeness (QED) is 0.452. The van der Waals surface area contributed by atoms with Gasteiger partial charge in [-0.2, -0.15) is 0 Å². The van der Waals surface area contributed by atoms with Crippen LogP contribution in [0.3, 0.4) is 0 Å². The van der Waals surface area contributed by atoms with Crippen LogP contribution in [0.25, 0.3) is 0 Å². The van der Waals surface area contributed by atoms with Gasteiger partial charge in [0, 0.05) is 7.05 Å². The molecule has 0 aliphatic heterocycles. The third-order valence-electron chi connectivity index (χ3n) is 1.27. The standard InChI is InChI=1S/C6H13N3O2/c1-4(6(7)11)9-3-5(10)8-2/h4,9H,3H2,1-2H3,(H2,7,11)(H,8,10). The minimum atomic E-state index is -0.465. The van der Waals surface area contributed by atoms with E-state index < -0.39 is 11.9 Å². The Hall–Kier alpha value is -1.10. The highest BCUT2D eigenvalue weighted by Gasteiger charge is 2.08. The molecule has 0 spiro atoms. The summed E-state index contributed by atoms with van der Waals surface area (Å²) >= 11 is 0. The van der Waals surface area contributed by atoms with E-state index in [9.17, 15) is 9.59 Å². The number of hydrogen-bond acceptors (Lipinski definition) is 3. The topological polar surface area (TPSA) is 84.2 Å². The van der Waals surface area contributed by atoms with E-state index in [0.717, 1.165) is 0 Å². The first-order chi connectivity index (χ1) is 5.07. The van der Waals surface area contributed by atoms with Gasteiger partial charge < -0.3 is 11.1 Å². The Bertz CT molecular complexity index is 158. The van der Waals surface area contributed by atoms with Gasteiger partial charge >= 0.3 is 0 Å². The van der Waals surface area contributed by atoms with Crippen molar-refractivity contribution in [2.24, 2.45) is 5.73 Å². The molecule has 0 radical (unpaired) electrons. The van der Waals surface area contributed by atoms with Crippen LogP contribution >= 0.6 is 0 Å². The number of nitrogens with one attached hydrogen (secondary N) is 2. The first-order valence-electron chi connectivity index (χ1n) is 3.31. The maximum absolute atomic E-state index is 10.6. The zero-order chi connectivity index (χ0) is 8.85. The van der Waals surface area contributed by atoms with Gasteiger partial charge in [-0.3, -0.25) is 14.9 Å². The van der Waals surface area contributed by atoms with E-state index in [1.165, 1.54) is 7.05 Å². The van der Waals surface area contributed by atoms with E-state index in [2.05, 4.69) is 10.6 Å². The average Bonchev–Trinajstić information content (AvgIpc) is 1.99. The molecule has 0 rings (SSSR count). The Morgan fingerprint density at radius 1 is 1.55 bits per heavy atom. The molecule has 5 heteroatoms. The summed E-state index contributed by atoms with van der Waals surface area (Å²) in [5, 5.41) is 5.05. The minimum absolute atomic E-state index is 0.112. The molecule has 0 saturated carbocycles. The molecule has 2 amide bonds. The molecule has 0 fully saturated rings. The largest absolute Gasteiger partial charge is 0.368 e. The van der Waals surface area contributed by atoms with Crippen molar-refractivity contribution in [1.29, 1.82) is 0 Å². The van der Waals surface area contributed by atoms with Crippen LogP contribution in [0.4, 0.5) is 0 Å². The van der Waals surface area contributed by atoms with E-state index in [0.29, 0.717) is 0 Å². The van der Waals surface area contributed by atoms with E-state index in [4.69, 9.17) is 5.73 Å². The van der Waals surface area contributed by atoms with Gasteiger partial charge in [0.25, 0.3) is 0 Å². The molecule has 0 bridgehead atoms. The molecule has 0 aromatic carbocycles. The number of primary amides is 1. The average molecular weight is 159 g/mol. The van der Waals surface area contributed by atoms with Crippen molar-refractivity contribution < 1.29 is 9.59 Å². The third-order valence-corrected chi connectivity index (χ3v) is 1.27. The summed E-state index contributed by atoms with van der Waals surface area (Å²) in [4.78, 5) is 21.0. The Kier molecular flexibility index (Phi) is 4.21. The monoisotopic (exact) mass is 159 g/mol. The fourth-order valence-electron chi connectivity index (χ4n) is 0.435. The fraction of sp³-hybridized carbons (Fsp3) is 0.667. The van der Waals surface area contributed by atoms with Crippen LogP contribution in [0, 0.1) is 0 Å². The van der Waals surface area contributed by atoms with Gasteiger partial charge in [-0.05, 0) is 6.92 Å². The number of carbonyl (C=O) groups excluding carboxylic acids is 2. The smallest absolute Gasteiger partial charge is 0.234 e. The number of carbonyl (C=O) groups is 2. The molecule has 0 saturated heterocycles. The van der Waals surface area contributed by atoms with Gasteiger partial charge in [0.15, 0.2) is 0 Å². The molecular formula is C6H13N3O2. The van der Waals surface area contributed by atoms with Crippen LogP contribution in [-0.2, 0) is 9.59 Å². The van der Waals surface area contributed by atoms with E-state index in [1.807, 2.05) is 0 Å². The summed E-state index contributed by atoms with van der Waals surface area (Å²) in [7, 11) is 1.53. The molecule has 0 heterocycles. The minimum Gasteiger partial charge on any atom is -0.368 e. The summed E-state index contributed by atoms with van der Waals surface area (Å²) in [5.74, 6) is -0.632. The molecule has 5 nitrogen and oxygen atoms in total. The second kappa shape index (κ2) is 4.68. The normalized spacial score (nSPS) is 12.2. The van der Waals surface area contributed by atoms with Crippen molar-refractivity contribution >= 4 is 11.8 Å². The molecule has 0 aliphatic carbocycles. The van der Waals surface area contributed by atoms with Gasteiger partial charge in [0.2, 0.25) is 11.8 Å². The highest BCUT2D eigenvalue weighted by molar-refractivity contribution is 5.81. The predicted octanol–water partition coefficient (Wildman–Crippen LogP) is -1.80. The molecule has 11 heavy (non-hydrogen) atoms. The van der Waals surface area contributed by atoms with Crippen LogP contribution in [0.15, 0.2) is 0 Å². The highest BCUT2D eigenvalue weighted by Crippen LogP contribution is 1.76. The SMILES string of the molecule is CNC(=O)CNC(C)C(N)=O. The summed E-state index contributed by atoms with van der Waals surface area (Å²) < 4.78 is 0. The van der Waals surface area contributed by atoms with E-state index in [-0.39, 0.29) is 12.5 Å². The molecule has 64 valence electrons. The van der Waals surface area contributed by atoms with Gasteiger partial charge in [0.05, 0.1) is 12.6 Å². The summed E-state index contributed by atoms with van der Waals surface area (Å²) in [6.07, 6.45) is 0. The van der Waals surface area contributed by atoms with Crippen LogP contribution < -0.4 is 16.4 Å². The van der Waals surface area contributed by atoms with E-state index in [1.54, 1.807) is 6.92 Å². The lowest BCUT2D eigenvalue weighted by Gasteiger charge is -2.07. The van der Waals surface area contributed by atoms with Gasteiger partial charge in [-0.25, -0.2) is 0 Å². The van der Waals surface area contributed by atoms with Crippen molar-refractivity contribution in [1.82, 2.24) is 10.6 Å². The lowest BCUT2D eigenvalue weighted by Crippen LogP contribution is -2.43. The molecule has 1 unspecified atom stereocenters.